The predicted molar refractivity (Wildman–Crippen MR) is 85.0 cm³/mol. The molecule has 3 heteroatoms. The Morgan fingerprint density at radius 1 is 1.15 bits per heavy atom. The number of carbonyl (C=O) groups is 1. The molecule has 0 atom stereocenters. The largest absolute Gasteiger partial charge is 0.382 e. The number of hydrogen-bond acceptors (Lipinski definition) is 2. The Kier molecular flexibility index (Phi) is 5.05. The van der Waals surface area contributed by atoms with E-state index in [0.717, 1.165) is 17.3 Å². The maximum absolute atomic E-state index is 11.7. The third-order valence-electron chi connectivity index (χ3n) is 4.04. The first-order valence-corrected chi connectivity index (χ1v) is 7.72. The fraction of sp³-hybridized carbons (Fsp3) is 0.588. The number of nitrogens with one attached hydrogen (secondary N) is 2. The van der Waals surface area contributed by atoms with E-state index in [-0.39, 0.29) is 11.8 Å². The molecule has 3 nitrogen and oxygen atoms in total. The van der Waals surface area contributed by atoms with Gasteiger partial charge < -0.3 is 10.6 Å². The van der Waals surface area contributed by atoms with Gasteiger partial charge in [-0.2, -0.15) is 0 Å². The van der Waals surface area contributed by atoms with E-state index in [1.165, 1.54) is 25.7 Å². The van der Waals surface area contributed by atoms with E-state index in [0.29, 0.717) is 6.04 Å². The fourth-order valence-electron chi connectivity index (χ4n) is 2.61. The van der Waals surface area contributed by atoms with Gasteiger partial charge >= 0.3 is 0 Å². The summed E-state index contributed by atoms with van der Waals surface area (Å²) in [6, 6.07) is 8.60. The minimum atomic E-state index is 0.00597. The van der Waals surface area contributed by atoms with Crippen molar-refractivity contribution in [3.8, 4) is 0 Å². The Hall–Kier alpha value is -1.51. The van der Waals surface area contributed by atoms with E-state index in [9.17, 15) is 4.79 Å². The van der Waals surface area contributed by atoms with E-state index in [2.05, 4.69) is 23.6 Å². The fourth-order valence-corrected chi connectivity index (χ4v) is 2.61. The van der Waals surface area contributed by atoms with Crippen LogP contribution in [-0.4, -0.2) is 11.9 Å². The number of carbonyl (C=O) groups excluding carboxylic acids is 1. The molecule has 0 saturated heterocycles. The first kappa shape index (κ1) is 14.9. The maximum atomic E-state index is 11.7. The Labute approximate surface area is 122 Å². The highest BCUT2D eigenvalue weighted by atomic mass is 16.1. The van der Waals surface area contributed by atoms with Crippen LogP contribution in [0, 0.1) is 11.8 Å². The van der Waals surface area contributed by atoms with Crippen LogP contribution in [0.4, 0.5) is 11.4 Å². The maximum Gasteiger partial charge on any atom is 0.226 e. The number of anilines is 2. The molecule has 0 radical (unpaired) electrons. The summed E-state index contributed by atoms with van der Waals surface area (Å²) < 4.78 is 0. The van der Waals surface area contributed by atoms with Gasteiger partial charge in [-0.15, -0.1) is 0 Å². The molecule has 110 valence electrons. The van der Waals surface area contributed by atoms with Gasteiger partial charge in [0.15, 0.2) is 0 Å². The molecule has 1 fully saturated rings. The monoisotopic (exact) mass is 274 g/mol. The van der Waals surface area contributed by atoms with E-state index in [1.54, 1.807) is 0 Å². The van der Waals surface area contributed by atoms with E-state index in [4.69, 9.17) is 0 Å². The first-order valence-electron chi connectivity index (χ1n) is 7.72. The van der Waals surface area contributed by atoms with Crippen LogP contribution in [0.3, 0.4) is 0 Å². The number of benzene rings is 1. The van der Waals surface area contributed by atoms with E-state index >= 15 is 0 Å². The molecular weight excluding hydrogens is 248 g/mol. The molecule has 0 aromatic heterocycles. The van der Waals surface area contributed by atoms with Crippen molar-refractivity contribution in [3.63, 3.8) is 0 Å². The van der Waals surface area contributed by atoms with Gasteiger partial charge in [-0.1, -0.05) is 26.8 Å². The summed E-state index contributed by atoms with van der Waals surface area (Å²) >= 11 is 0. The van der Waals surface area contributed by atoms with Gasteiger partial charge in [0.2, 0.25) is 5.91 Å². The van der Waals surface area contributed by atoms with Crippen molar-refractivity contribution in [1.29, 1.82) is 0 Å². The van der Waals surface area contributed by atoms with Gasteiger partial charge in [0, 0.05) is 23.3 Å². The average Bonchev–Trinajstić information content (AvgIpc) is 2.42. The summed E-state index contributed by atoms with van der Waals surface area (Å²) in [6.07, 6.45) is 5.09. The lowest BCUT2D eigenvalue weighted by Crippen LogP contribution is -2.25. The lowest BCUT2D eigenvalue weighted by atomic mass is 9.87. The quantitative estimate of drug-likeness (QED) is 0.860. The minimum Gasteiger partial charge on any atom is -0.382 e. The van der Waals surface area contributed by atoms with Gasteiger partial charge in [0.1, 0.15) is 0 Å². The Bertz CT molecular complexity index is 448. The van der Waals surface area contributed by atoms with Crippen molar-refractivity contribution in [2.45, 2.75) is 52.5 Å². The molecule has 1 amide bonds. The number of hydrogen-bond donors (Lipinski definition) is 2. The minimum absolute atomic E-state index is 0.00597. The molecule has 1 aliphatic carbocycles. The second-order valence-corrected chi connectivity index (χ2v) is 6.33. The molecule has 1 aliphatic rings. The zero-order valence-electron chi connectivity index (χ0n) is 12.8. The van der Waals surface area contributed by atoms with Crippen molar-refractivity contribution < 1.29 is 4.79 Å². The average molecular weight is 274 g/mol. The summed E-state index contributed by atoms with van der Waals surface area (Å²) in [5, 5.41) is 6.54. The second kappa shape index (κ2) is 6.78. The molecule has 1 aromatic rings. The van der Waals surface area contributed by atoms with Crippen molar-refractivity contribution in [1.82, 2.24) is 0 Å². The van der Waals surface area contributed by atoms with Gasteiger partial charge in [-0.3, -0.25) is 4.79 Å². The highest BCUT2D eigenvalue weighted by Gasteiger charge is 2.17. The summed E-state index contributed by atoms with van der Waals surface area (Å²) in [6.45, 7) is 6.14. The highest BCUT2D eigenvalue weighted by molar-refractivity contribution is 5.92. The topological polar surface area (TPSA) is 41.1 Å². The highest BCUT2D eigenvalue weighted by Crippen LogP contribution is 2.26. The molecule has 0 unspecified atom stereocenters. The molecule has 1 saturated carbocycles. The molecule has 0 heterocycles. The van der Waals surface area contributed by atoms with Crippen LogP contribution in [0.25, 0.3) is 0 Å². The van der Waals surface area contributed by atoms with Gasteiger partial charge in [0.05, 0.1) is 0 Å². The standard InChI is InChI=1S/C17H26N2O/c1-12(2)17(20)19-16-6-4-5-15(11-16)18-14-9-7-13(3)8-10-14/h4-6,11-14,18H,7-10H2,1-3H3,(H,19,20). The lowest BCUT2D eigenvalue weighted by molar-refractivity contribution is -0.118. The third kappa shape index (κ3) is 4.26. The summed E-state index contributed by atoms with van der Waals surface area (Å²) in [5.74, 6) is 0.935. The number of rotatable bonds is 4. The zero-order chi connectivity index (χ0) is 14.5. The smallest absolute Gasteiger partial charge is 0.226 e. The lowest BCUT2D eigenvalue weighted by Gasteiger charge is -2.27. The van der Waals surface area contributed by atoms with E-state index in [1.807, 2.05) is 32.0 Å². The summed E-state index contributed by atoms with van der Waals surface area (Å²) in [4.78, 5) is 11.7. The third-order valence-corrected chi connectivity index (χ3v) is 4.04. The van der Waals surface area contributed by atoms with Crippen LogP contribution in [-0.2, 0) is 4.79 Å². The summed E-state index contributed by atoms with van der Waals surface area (Å²) in [5.41, 5.74) is 1.98. The zero-order valence-corrected chi connectivity index (χ0v) is 12.8. The van der Waals surface area contributed by atoms with E-state index < -0.39 is 0 Å². The van der Waals surface area contributed by atoms with Crippen LogP contribution < -0.4 is 10.6 Å². The van der Waals surface area contributed by atoms with Crippen molar-refractivity contribution in [2.24, 2.45) is 11.8 Å². The van der Waals surface area contributed by atoms with Crippen molar-refractivity contribution in [2.75, 3.05) is 10.6 Å². The number of amides is 1. The van der Waals surface area contributed by atoms with Crippen LogP contribution in [0.1, 0.15) is 46.5 Å². The van der Waals surface area contributed by atoms with Gasteiger partial charge in [0.25, 0.3) is 0 Å². The Balaban J connectivity index is 1.94. The van der Waals surface area contributed by atoms with Crippen molar-refractivity contribution >= 4 is 17.3 Å². The van der Waals surface area contributed by atoms with Crippen LogP contribution in [0.5, 0.6) is 0 Å². The molecule has 2 N–H and O–H groups in total. The molecule has 1 aromatic carbocycles. The van der Waals surface area contributed by atoms with Crippen LogP contribution in [0.2, 0.25) is 0 Å². The van der Waals surface area contributed by atoms with Gasteiger partial charge in [-0.05, 0) is 49.8 Å². The molecule has 2 rings (SSSR count). The SMILES string of the molecule is CC1CCC(Nc2cccc(NC(=O)C(C)C)c2)CC1. The van der Waals surface area contributed by atoms with Crippen LogP contribution >= 0.6 is 0 Å². The van der Waals surface area contributed by atoms with Crippen molar-refractivity contribution in [3.05, 3.63) is 24.3 Å². The first-order chi connectivity index (χ1) is 9.54. The van der Waals surface area contributed by atoms with Gasteiger partial charge in [-0.25, -0.2) is 0 Å². The predicted octanol–water partition coefficient (Wildman–Crippen LogP) is 4.27. The molecule has 0 aliphatic heterocycles. The normalized spacial score (nSPS) is 22.6. The molecular formula is C17H26N2O. The Morgan fingerprint density at radius 3 is 2.45 bits per heavy atom. The Morgan fingerprint density at radius 2 is 1.80 bits per heavy atom. The molecule has 20 heavy (non-hydrogen) atoms. The summed E-state index contributed by atoms with van der Waals surface area (Å²) in [7, 11) is 0. The van der Waals surface area contributed by atoms with Crippen LogP contribution in [0.15, 0.2) is 24.3 Å². The second-order valence-electron chi connectivity index (χ2n) is 6.33. The molecule has 0 spiro atoms. The molecule has 0 bridgehead atoms.